The molecule has 0 bridgehead atoms. The topological polar surface area (TPSA) is 50.1 Å². The predicted octanol–water partition coefficient (Wildman–Crippen LogP) is 2.82. The van der Waals surface area contributed by atoms with Gasteiger partial charge in [-0.25, -0.2) is 4.98 Å². The maximum absolute atomic E-state index is 9.31. The number of aryl methyl sites for hydroxylation is 3. The Bertz CT molecular complexity index is 618. The third-order valence-electron chi connectivity index (χ3n) is 4.44. The maximum atomic E-state index is 9.31. The average molecular weight is 299 g/mol. The van der Waals surface area contributed by atoms with Crippen LogP contribution in [0.25, 0.3) is 0 Å². The van der Waals surface area contributed by atoms with Gasteiger partial charge in [0.1, 0.15) is 11.6 Å². The van der Waals surface area contributed by atoms with Crippen LogP contribution in [0.2, 0.25) is 0 Å². The summed E-state index contributed by atoms with van der Waals surface area (Å²) >= 11 is 0. The minimum Gasteiger partial charge on any atom is -0.508 e. The van der Waals surface area contributed by atoms with E-state index in [-0.39, 0.29) is 0 Å². The molecule has 4 nitrogen and oxygen atoms in total. The first-order valence-electron chi connectivity index (χ1n) is 8.17. The zero-order chi connectivity index (χ0) is 15.5. The van der Waals surface area contributed by atoms with E-state index in [0.29, 0.717) is 17.8 Å². The highest BCUT2D eigenvalue weighted by molar-refractivity contribution is 5.25. The summed E-state index contributed by atoms with van der Waals surface area (Å²) in [6, 6.07) is 8.56. The Hall–Kier alpha value is -1.81. The molecule has 2 heterocycles. The third-order valence-corrected chi connectivity index (χ3v) is 4.44. The molecule has 0 saturated carbocycles. The molecule has 0 radical (unpaired) electrons. The quantitative estimate of drug-likeness (QED) is 0.892. The molecular formula is C18H25N3O. The summed E-state index contributed by atoms with van der Waals surface area (Å²) in [7, 11) is 0. The molecule has 2 N–H and O–H groups in total. The number of rotatable bonds is 5. The van der Waals surface area contributed by atoms with Gasteiger partial charge in [-0.2, -0.15) is 0 Å². The molecule has 2 aromatic rings. The van der Waals surface area contributed by atoms with Crippen LogP contribution in [0.3, 0.4) is 0 Å². The second kappa shape index (κ2) is 6.53. The van der Waals surface area contributed by atoms with Gasteiger partial charge in [0.2, 0.25) is 0 Å². The highest BCUT2D eigenvalue weighted by Gasteiger charge is 2.20. The van der Waals surface area contributed by atoms with Crippen molar-refractivity contribution in [1.82, 2.24) is 14.9 Å². The van der Waals surface area contributed by atoms with E-state index >= 15 is 0 Å². The molecule has 22 heavy (non-hydrogen) atoms. The molecule has 118 valence electrons. The molecule has 0 aliphatic carbocycles. The molecule has 0 spiro atoms. The predicted molar refractivity (Wildman–Crippen MR) is 88.1 cm³/mol. The first-order chi connectivity index (χ1) is 10.6. The van der Waals surface area contributed by atoms with E-state index in [4.69, 9.17) is 0 Å². The monoisotopic (exact) mass is 299 g/mol. The Balaban J connectivity index is 1.48. The Morgan fingerprint density at radius 3 is 2.91 bits per heavy atom. The van der Waals surface area contributed by atoms with Crippen LogP contribution >= 0.6 is 0 Å². The normalized spacial score (nSPS) is 18.9. The van der Waals surface area contributed by atoms with Crippen molar-refractivity contribution in [3.8, 4) is 5.75 Å². The summed E-state index contributed by atoms with van der Waals surface area (Å²) in [5.74, 6) is 1.57. The molecule has 1 aliphatic rings. The fraction of sp³-hybridized carbons (Fsp3) is 0.500. The zero-order valence-electron chi connectivity index (χ0n) is 13.4. The smallest absolute Gasteiger partial charge is 0.115 e. The second-order valence-corrected chi connectivity index (χ2v) is 6.46. The van der Waals surface area contributed by atoms with E-state index in [1.54, 1.807) is 12.1 Å². The van der Waals surface area contributed by atoms with E-state index in [0.717, 1.165) is 31.5 Å². The van der Waals surface area contributed by atoms with E-state index in [1.165, 1.54) is 17.8 Å². The van der Waals surface area contributed by atoms with Gasteiger partial charge >= 0.3 is 0 Å². The van der Waals surface area contributed by atoms with E-state index in [1.807, 2.05) is 12.1 Å². The van der Waals surface area contributed by atoms with Crippen LogP contribution < -0.4 is 5.32 Å². The van der Waals surface area contributed by atoms with Gasteiger partial charge in [-0.05, 0) is 50.8 Å². The molecule has 3 rings (SSSR count). The van der Waals surface area contributed by atoms with Gasteiger partial charge in [0.15, 0.2) is 0 Å². The Morgan fingerprint density at radius 2 is 2.14 bits per heavy atom. The zero-order valence-corrected chi connectivity index (χ0v) is 13.4. The van der Waals surface area contributed by atoms with Crippen molar-refractivity contribution in [1.29, 1.82) is 0 Å². The van der Waals surface area contributed by atoms with Crippen molar-refractivity contribution in [2.45, 2.75) is 58.2 Å². The van der Waals surface area contributed by atoms with Gasteiger partial charge in [0, 0.05) is 31.2 Å². The maximum Gasteiger partial charge on any atom is 0.115 e. The SMILES string of the molecule is Cc1cn2c(n1)CC[C@H](N[C@H](C)CCc1ccc(O)cc1)C2. The van der Waals surface area contributed by atoms with Crippen molar-refractivity contribution in [2.75, 3.05) is 0 Å². The van der Waals surface area contributed by atoms with Crippen LogP contribution in [0.4, 0.5) is 0 Å². The average Bonchev–Trinajstić information content (AvgIpc) is 2.86. The molecule has 0 unspecified atom stereocenters. The van der Waals surface area contributed by atoms with Gasteiger partial charge in [0.25, 0.3) is 0 Å². The molecular weight excluding hydrogens is 274 g/mol. The van der Waals surface area contributed by atoms with E-state index in [9.17, 15) is 5.11 Å². The standard InChI is InChI=1S/C18H25N3O/c1-13(3-4-15-5-8-17(22)9-6-15)19-16-7-10-18-20-14(2)11-21(18)12-16/h5-6,8-9,11,13,16,19,22H,3-4,7,10,12H2,1-2H3/t13-,16+/m1/s1. The molecule has 0 amide bonds. The Labute approximate surface area is 132 Å². The van der Waals surface area contributed by atoms with Crippen molar-refractivity contribution >= 4 is 0 Å². The number of aromatic nitrogens is 2. The summed E-state index contributed by atoms with van der Waals surface area (Å²) in [6.45, 7) is 5.35. The van der Waals surface area contributed by atoms with Gasteiger partial charge in [-0.1, -0.05) is 12.1 Å². The highest BCUT2D eigenvalue weighted by atomic mass is 16.3. The largest absolute Gasteiger partial charge is 0.508 e. The van der Waals surface area contributed by atoms with E-state index in [2.05, 4.69) is 34.9 Å². The van der Waals surface area contributed by atoms with Crippen LogP contribution in [0.15, 0.2) is 30.5 Å². The van der Waals surface area contributed by atoms with Crippen LogP contribution in [0, 0.1) is 6.92 Å². The van der Waals surface area contributed by atoms with Crippen LogP contribution in [-0.2, 0) is 19.4 Å². The number of phenolic OH excluding ortho intramolecular Hbond substituents is 1. The lowest BCUT2D eigenvalue weighted by Gasteiger charge is -2.28. The van der Waals surface area contributed by atoms with Gasteiger partial charge < -0.3 is 15.0 Å². The molecule has 0 saturated heterocycles. The van der Waals surface area contributed by atoms with Crippen LogP contribution in [0.1, 0.15) is 36.8 Å². The van der Waals surface area contributed by atoms with Crippen molar-refractivity contribution in [2.24, 2.45) is 0 Å². The summed E-state index contributed by atoms with van der Waals surface area (Å²) in [6.07, 6.45) is 6.54. The van der Waals surface area contributed by atoms with Gasteiger partial charge in [-0.15, -0.1) is 0 Å². The Kier molecular flexibility index (Phi) is 4.48. The third kappa shape index (κ3) is 3.69. The van der Waals surface area contributed by atoms with Crippen molar-refractivity contribution < 1.29 is 5.11 Å². The number of nitrogens with zero attached hydrogens (tertiary/aromatic N) is 2. The van der Waals surface area contributed by atoms with Crippen molar-refractivity contribution in [3.05, 3.63) is 47.5 Å². The number of nitrogens with one attached hydrogen (secondary N) is 1. The van der Waals surface area contributed by atoms with Gasteiger partial charge in [-0.3, -0.25) is 0 Å². The number of phenols is 1. The van der Waals surface area contributed by atoms with Crippen molar-refractivity contribution in [3.63, 3.8) is 0 Å². The van der Waals surface area contributed by atoms with Gasteiger partial charge in [0.05, 0.1) is 5.69 Å². The summed E-state index contributed by atoms with van der Waals surface area (Å²) in [4.78, 5) is 4.56. The molecule has 1 aromatic carbocycles. The summed E-state index contributed by atoms with van der Waals surface area (Å²) in [5, 5.41) is 13.1. The molecule has 1 aliphatic heterocycles. The number of hydrogen-bond acceptors (Lipinski definition) is 3. The fourth-order valence-electron chi connectivity index (χ4n) is 3.25. The van der Waals surface area contributed by atoms with E-state index < -0.39 is 0 Å². The summed E-state index contributed by atoms with van der Waals surface area (Å²) < 4.78 is 2.29. The molecule has 2 atom stereocenters. The minimum absolute atomic E-state index is 0.337. The first kappa shape index (κ1) is 15.1. The lowest BCUT2D eigenvalue weighted by atomic mass is 10.0. The number of benzene rings is 1. The summed E-state index contributed by atoms with van der Waals surface area (Å²) in [5.41, 5.74) is 2.40. The number of fused-ring (bicyclic) bond motifs is 1. The molecule has 0 fully saturated rings. The fourth-order valence-corrected chi connectivity index (χ4v) is 3.25. The Morgan fingerprint density at radius 1 is 1.36 bits per heavy atom. The van der Waals surface area contributed by atoms with Crippen LogP contribution in [-0.4, -0.2) is 26.7 Å². The number of aromatic hydroxyl groups is 1. The number of imidazole rings is 1. The molecule has 1 aromatic heterocycles. The van der Waals surface area contributed by atoms with Crippen LogP contribution in [0.5, 0.6) is 5.75 Å². The minimum atomic E-state index is 0.337. The highest BCUT2D eigenvalue weighted by Crippen LogP contribution is 2.17. The molecule has 4 heteroatoms. The number of hydrogen-bond donors (Lipinski definition) is 2. The first-order valence-corrected chi connectivity index (χ1v) is 8.17. The lowest BCUT2D eigenvalue weighted by molar-refractivity contribution is 0.341. The lowest BCUT2D eigenvalue weighted by Crippen LogP contribution is -2.42. The second-order valence-electron chi connectivity index (χ2n) is 6.46.